The number of benzene rings is 1. The van der Waals surface area contributed by atoms with Gasteiger partial charge in [-0.25, -0.2) is 0 Å². The van der Waals surface area contributed by atoms with E-state index in [9.17, 15) is 5.26 Å². The lowest BCUT2D eigenvalue weighted by Crippen LogP contribution is -1.95. The highest BCUT2D eigenvalue weighted by Crippen LogP contribution is 2.40. The van der Waals surface area contributed by atoms with Crippen LogP contribution in [-0.2, 0) is 14.1 Å². The molecule has 3 rings (SSSR count). The largest absolute Gasteiger partial charge is 0.350 e. The van der Waals surface area contributed by atoms with E-state index in [1.165, 1.54) is 0 Å². The molecular formula is C18H16BrN3S. The summed E-state index contributed by atoms with van der Waals surface area (Å²) >= 11 is 5.28. The Bertz CT molecular complexity index is 956. The van der Waals surface area contributed by atoms with Crippen LogP contribution in [0.4, 0.5) is 0 Å². The highest BCUT2D eigenvalue weighted by atomic mass is 79.9. The molecule has 0 saturated carbocycles. The molecule has 0 aliphatic rings. The predicted molar refractivity (Wildman–Crippen MR) is 102 cm³/mol. The molecule has 2 aromatic heterocycles. The van der Waals surface area contributed by atoms with Crippen LogP contribution in [0.5, 0.6) is 0 Å². The molecule has 23 heavy (non-hydrogen) atoms. The molecule has 0 saturated heterocycles. The maximum Gasteiger partial charge on any atom is 0.101 e. The molecule has 0 aliphatic carbocycles. The number of hydrogen-bond acceptors (Lipinski definition) is 2. The number of halogens is 1. The second kappa shape index (κ2) is 6.31. The summed E-state index contributed by atoms with van der Waals surface area (Å²) in [7, 11) is 4.00. The van der Waals surface area contributed by atoms with Crippen molar-refractivity contribution in [3.8, 4) is 6.07 Å². The molecule has 3 nitrogen and oxygen atoms in total. The van der Waals surface area contributed by atoms with Crippen LogP contribution in [0, 0.1) is 11.3 Å². The van der Waals surface area contributed by atoms with Gasteiger partial charge in [0.25, 0.3) is 0 Å². The van der Waals surface area contributed by atoms with Gasteiger partial charge in [0.15, 0.2) is 0 Å². The third-order valence-electron chi connectivity index (χ3n) is 4.00. The van der Waals surface area contributed by atoms with E-state index >= 15 is 0 Å². The first-order valence-corrected chi connectivity index (χ1v) is 9.15. The summed E-state index contributed by atoms with van der Waals surface area (Å²) in [5.74, 6) is 0. The Morgan fingerprint density at radius 1 is 1.17 bits per heavy atom. The highest BCUT2D eigenvalue weighted by Gasteiger charge is 2.21. The van der Waals surface area contributed by atoms with E-state index in [1.807, 2.05) is 55.4 Å². The Kier molecular flexibility index (Phi) is 4.38. The zero-order valence-corrected chi connectivity index (χ0v) is 15.6. The smallest absolute Gasteiger partial charge is 0.101 e. The molecule has 5 heteroatoms. The van der Waals surface area contributed by atoms with Crippen molar-refractivity contribution in [2.75, 3.05) is 6.26 Å². The number of fused-ring (bicyclic) bond motifs is 1. The van der Waals surface area contributed by atoms with Crippen LogP contribution < -0.4 is 0 Å². The van der Waals surface area contributed by atoms with Gasteiger partial charge in [0, 0.05) is 41.7 Å². The maximum atomic E-state index is 9.90. The fourth-order valence-electron chi connectivity index (χ4n) is 2.85. The first kappa shape index (κ1) is 16.0. The van der Waals surface area contributed by atoms with Crippen LogP contribution in [0.2, 0.25) is 0 Å². The SMILES string of the molecule is CS/C(=C(/C#N)c1c(Br)n(C)c2ccccc12)c1cccn1C. The predicted octanol–water partition coefficient (Wildman–Crippen LogP) is 5.03. The zero-order chi connectivity index (χ0) is 16.6. The zero-order valence-electron chi connectivity index (χ0n) is 13.2. The second-order valence-corrected chi connectivity index (χ2v) is 6.83. The standard InChI is InChI=1S/C18H16BrN3S/c1-21-10-6-9-15(21)17(23-3)13(11-20)16-12-7-4-5-8-14(12)22(2)18(16)19/h4-10H,1-3H3/b17-13-. The number of allylic oxidation sites excluding steroid dienone is 1. The monoisotopic (exact) mass is 385 g/mol. The number of rotatable bonds is 3. The fraction of sp³-hybridized carbons (Fsp3) is 0.167. The molecule has 0 bridgehead atoms. The molecular weight excluding hydrogens is 370 g/mol. The third-order valence-corrected chi connectivity index (χ3v) is 5.75. The number of aromatic nitrogens is 2. The van der Waals surface area contributed by atoms with E-state index in [0.29, 0.717) is 5.57 Å². The van der Waals surface area contributed by atoms with Crippen molar-refractivity contribution >= 4 is 49.1 Å². The van der Waals surface area contributed by atoms with E-state index < -0.39 is 0 Å². The van der Waals surface area contributed by atoms with E-state index in [4.69, 9.17) is 0 Å². The molecule has 116 valence electrons. The van der Waals surface area contributed by atoms with Crippen molar-refractivity contribution in [3.63, 3.8) is 0 Å². The Labute approximate surface area is 148 Å². The maximum absolute atomic E-state index is 9.90. The topological polar surface area (TPSA) is 33.6 Å². The average Bonchev–Trinajstić information content (AvgIpc) is 3.09. The fourth-order valence-corrected chi connectivity index (χ4v) is 4.23. The first-order valence-electron chi connectivity index (χ1n) is 7.13. The van der Waals surface area contributed by atoms with Crippen molar-refractivity contribution in [2.45, 2.75) is 0 Å². The minimum atomic E-state index is 0.697. The summed E-state index contributed by atoms with van der Waals surface area (Å²) in [6.45, 7) is 0. The Morgan fingerprint density at radius 3 is 2.52 bits per heavy atom. The molecule has 0 atom stereocenters. The summed E-state index contributed by atoms with van der Waals surface area (Å²) in [5.41, 5.74) is 3.81. The van der Waals surface area contributed by atoms with Gasteiger partial charge in [0.05, 0.1) is 15.9 Å². The summed E-state index contributed by atoms with van der Waals surface area (Å²) in [6, 6.07) is 14.6. The summed E-state index contributed by atoms with van der Waals surface area (Å²) < 4.78 is 5.05. The van der Waals surface area contributed by atoms with Gasteiger partial charge < -0.3 is 9.13 Å². The van der Waals surface area contributed by atoms with Crippen LogP contribution in [0.25, 0.3) is 21.4 Å². The quantitative estimate of drug-likeness (QED) is 0.592. The highest BCUT2D eigenvalue weighted by molar-refractivity contribution is 9.10. The van der Waals surface area contributed by atoms with Gasteiger partial charge >= 0.3 is 0 Å². The number of aryl methyl sites for hydroxylation is 2. The number of hydrogen-bond donors (Lipinski definition) is 0. The van der Waals surface area contributed by atoms with Crippen LogP contribution in [0.1, 0.15) is 11.3 Å². The molecule has 0 amide bonds. The minimum absolute atomic E-state index is 0.697. The third kappa shape index (κ3) is 2.52. The van der Waals surface area contributed by atoms with Gasteiger partial charge in [-0.15, -0.1) is 11.8 Å². The first-order chi connectivity index (χ1) is 11.1. The van der Waals surface area contributed by atoms with Gasteiger partial charge in [-0.3, -0.25) is 0 Å². The number of nitriles is 1. The Morgan fingerprint density at radius 2 is 1.91 bits per heavy atom. The number of thioether (sulfide) groups is 1. The van der Waals surface area contributed by atoms with E-state index in [2.05, 4.69) is 38.7 Å². The van der Waals surface area contributed by atoms with E-state index in [-0.39, 0.29) is 0 Å². The van der Waals surface area contributed by atoms with E-state index in [0.717, 1.165) is 31.7 Å². The van der Waals surface area contributed by atoms with Crippen molar-refractivity contribution in [1.29, 1.82) is 5.26 Å². The van der Waals surface area contributed by atoms with Gasteiger partial charge in [0.2, 0.25) is 0 Å². The lowest BCUT2D eigenvalue weighted by Gasteiger charge is -2.10. The van der Waals surface area contributed by atoms with Gasteiger partial charge in [-0.2, -0.15) is 5.26 Å². The molecule has 1 aromatic carbocycles. The summed E-state index contributed by atoms with van der Waals surface area (Å²) in [5, 5.41) is 11.0. The minimum Gasteiger partial charge on any atom is -0.350 e. The summed E-state index contributed by atoms with van der Waals surface area (Å²) in [4.78, 5) is 0.983. The van der Waals surface area contributed by atoms with Crippen LogP contribution in [-0.4, -0.2) is 15.4 Å². The lowest BCUT2D eigenvalue weighted by atomic mass is 10.0. The molecule has 2 heterocycles. The summed E-state index contributed by atoms with van der Waals surface area (Å²) in [6.07, 6.45) is 4.01. The number of para-hydroxylation sites is 1. The molecule has 0 aliphatic heterocycles. The van der Waals surface area contributed by atoms with Crippen molar-refractivity contribution in [1.82, 2.24) is 9.13 Å². The van der Waals surface area contributed by atoms with Crippen molar-refractivity contribution in [2.24, 2.45) is 14.1 Å². The van der Waals surface area contributed by atoms with Crippen molar-refractivity contribution in [3.05, 3.63) is 58.5 Å². The van der Waals surface area contributed by atoms with E-state index in [1.54, 1.807) is 11.8 Å². The molecule has 0 radical (unpaired) electrons. The second-order valence-electron chi connectivity index (χ2n) is 5.27. The molecule has 0 spiro atoms. The normalized spacial score (nSPS) is 12.3. The average molecular weight is 386 g/mol. The Hall–Kier alpha value is -1.90. The van der Waals surface area contributed by atoms with Gasteiger partial charge in [-0.05, 0) is 40.4 Å². The van der Waals surface area contributed by atoms with Gasteiger partial charge in [-0.1, -0.05) is 18.2 Å². The van der Waals surface area contributed by atoms with Crippen LogP contribution in [0.15, 0.2) is 47.2 Å². The van der Waals surface area contributed by atoms with Crippen LogP contribution in [0.3, 0.4) is 0 Å². The molecule has 0 unspecified atom stereocenters. The van der Waals surface area contributed by atoms with Crippen molar-refractivity contribution < 1.29 is 0 Å². The van der Waals surface area contributed by atoms with Crippen LogP contribution >= 0.6 is 27.7 Å². The molecule has 3 aromatic rings. The molecule has 0 fully saturated rings. The Balaban J connectivity index is 2.39. The lowest BCUT2D eigenvalue weighted by molar-refractivity contribution is 0.913. The van der Waals surface area contributed by atoms with Gasteiger partial charge in [0.1, 0.15) is 6.07 Å². The molecule has 0 N–H and O–H groups in total. The number of nitrogens with zero attached hydrogens (tertiary/aromatic N) is 3.